The fraction of sp³-hybridized carbons (Fsp3) is 0.818. The van der Waals surface area contributed by atoms with E-state index in [4.69, 9.17) is 9.84 Å². The zero-order chi connectivity index (χ0) is 15.7. The van der Waals surface area contributed by atoms with E-state index < -0.39 is 29.8 Å². The lowest BCUT2D eigenvalue weighted by Gasteiger charge is -2.39. The van der Waals surface area contributed by atoms with Gasteiger partial charge in [0.05, 0.1) is 18.8 Å². The Morgan fingerprint density at radius 2 is 1.90 bits per heavy atom. The standard InChI is InChI=1S/C11H17F3N2O4/c1-6-5-20-7(2)4-16(6)9(19)15-10(3,8(17)18)11(12,13)14/h6-7H,4-5H2,1-3H3,(H,15,19)(H,17,18). The first-order valence-corrected chi connectivity index (χ1v) is 5.99. The van der Waals surface area contributed by atoms with Crippen molar-refractivity contribution in [2.75, 3.05) is 13.2 Å². The van der Waals surface area contributed by atoms with E-state index in [1.165, 1.54) is 0 Å². The summed E-state index contributed by atoms with van der Waals surface area (Å²) in [6.07, 6.45) is -5.42. The largest absolute Gasteiger partial charge is 0.479 e. The molecule has 2 amide bonds. The molecule has 3 unspecified atom stereocenters. The Morgan fingerprint density at radius 3 is 2.35 bits per heavy atom. The van der Waals surface area contributed by atoms with Gasteiger partial charge < -0.3 is 20.1 Å². The Labute approximate surface area is 113 Å². The summed E-state index contributed by atoms with van der Waals surface area (Å²) in [5, 5.41) is 10.3. The summed E-state index contributed by atoms with van der Waals surface area (Å²) in [5.41, 5.74) is -3.33. The molecule has 1 rings (SSSR count). The summed E-state index contributed by atoms with van der Waals surface area (Å²) in [6, 6.07) is -1.51. The number of carbonyl (C=O) groups is 2. The predicted octanol–water partition coefficient (Wildman–Crippen LogP) is 1.21. The molecule has 0 aromatic heterocycles. The van der Waals surface area contributed by atoms with Crippen LogP contribution in [-0.4, -0.2) is 59.0 Å². The van der Waals surface area contributed by atoms with Crippen LogP contribution in [0.2, 0.25) is 0 Å². The molecule has 0 saturated carbocycles. The Bertz CT molecular complexity index is 402. The van der Waals surface area contributed by atoms with Gasteiger partial charge >= 0.3 is 18.2 Å². The third kappa shape index (κ3) is 3.14. The first-order valence-electron chi connectivity index (χ1n) is 5.99. The normalized spacial score (nSPS) is 26.8. The van der Waals surface area contributed by atoms with E-state index in [0.29, 0.717) is 6.92 Å². The predicted molar refractivity (Wildman–Crippen MR) is 62.2 cm³/mol. The Morgan fingerprint density at radius 1 is 1.35 bits per heavy atom. The van der Waals surface area contributed by atoms with Crippen molar-refractivity contribution in [3.63, 3.8) is 0 Å². The highest BCUT2D eigenvalue weighted by Crippen LogP contribution is 2.30. The van der Waals surface area contributed by atoms with Gasteiger partial charge in [0, 0.05) is 6.54 Å². The van der Waals surface area contributed by atoms with Gasteiger partial charge in [0.2, 0.25) is 5.54 Å². The number of aliphatic carboxylic acids is 1. The number of nitrogens with one attached hydrogen (secondary N) is 1. The lowest BCUT2D eigenvalue weighted by Crippen LogP contribution is -2.66. The highest BCUT2D eigenvalue weighted by molar-refractivity contribution is 5.87. The number of urea groups is 1. The van der Waals surface area contributed by atoms with Crippen LogP contribution in [-0.2, 0) is 9.53 Å². The zero-order valence-electron chi connectivity index (χ0n) is 11.3. The zero-order valence-corrected chi connectivity index (χ0v) is 11.3. The van der Waals surface area contributed by atoms with E-state index in [9.17, 15) is 22.8 Å². The fourth-order valence-electron chi connectivity index (χ4n) is 1.72. The molecule has 1 saturated heterocycles. The summed E-state index contributed by atoms with van der Waals surface area (Å²) in [6.45, 7) is 3.98. The van der Waals surface area contributed by atoms with Crippen molar-refractivity contribution in [1.82, 2.24) is 10.2 Å². The molecule has 0 bridgehead atoms. The second-order valence-electron chi connectivity index (χ2n) is 5.00. The maximum Gasteiger partial charge on any atom is 0.422 e. The molecule has 116 valence electrons. The topological polar surface area (TPSA) is 78.9 Å². The molecule has 1 aliphatic heterocycles. The number of halogens is 3. The van der Waals surface area contributed by atoms with Gasteiger partial charge in [-0.2, -0.15) is 13.2 Å². The van der Waals surface area contributed by atoms with Crippen LogP contribution in [0.3, 0.4) is 0 Å². The molecular weight excluding hydrogens is 281 g/mol. The van der Waals surface area contributed by atoms with Gasteiger partial charge in [0.1, 0.15) is 0 Å². The fourth-order valence-corrected chi connectivity index (χ4v) is 1.72. The number of morpholine rings is 1. The summed E-state index contributed by atoms with van der Waals surface area (Å²) in [5.74, 6) is -2.16. The van der Waals surface area contributed by atoms with Crippen molar-refractivity contribution < 1.29 is 32.6 Å². The lowest BCUT2D eigenvalue weighted by atomic mass is 10.0. The van der Waals surface area contributed by atoms with E-state index in [1.807, 2.05) is 0 Å². The minimum atomic E-state index is -5.10. The van der Waals surface area contributed by atoms with Crippen LogP contribution in [0.1, 0.15) is 20.8 Å². The molecule has 1 fully saturated rings. The van der Waals surface area contributed by atoms with E-state index in [-0.39, 0.29) is 19.3 Å². The average Bonchev–Trinajstić information content (AvgIpc) is 2.30. The van der Waals surface area contributed by atoms with E-state index in [2.05, 4.69) is 0 Å². The van der Waals surface area contributed by atoms with Crippen molar-refractivity contribution in [2.24, 2.45) is 0 Å². The van der Waals surface area contributed by atoms with Gasteiger partial charge in [0.15, 0.2) is 0 Å². The van der Waals surface area contributed by atoms with Gasteiger partial charge in [0.25, 0.3) is 0 Å². The molecule has 3 atom stereocenters. The number of carboxylic acid groups (broad SMARTS) is 1. The van der Waals surface area contributed by atoms with Crippen LogP contribution < -0.4 is 5.32 Å². The molecule has 1 aliphatic rings. The number of carboxylic acids is 1. The van der Waals surface area contributed by atoms with Gasteiger partial charge in [-0.3, -0.25) is 0 Å². The van der Waals surface area contributed by atoms with Crippen molar-refractivity contribution in [3.05, 3.63) is 0 Å². The quantitative estimate of drug-likeness (QED) is 0.803. The maximum absolute atomic E-state index is 12.8. The van der Waals surface area contributed by atoms with Gasteiger partial charge in [-0.25, -0.2) is 9.59 Å². The number of alkyl halides is 3. The lowest BCUT2D eigenvalue weighted by molar-refractivity contribution is -0.203. The highest BCUT2D eigenvalue weighted by atomic mass is 19.4. The van der Waals surface area contributed by atoms with Crippen LogP contribution >= 0.6 is 0 Å². The van der Waals surface area contributed by atoms with E-state index in [0.717, 1.165) is 4.90 Å². The molecular formula is C11H17F3N2O4. The minimum absolute atomic E-state index is 0.0978. The van der Waals surface area contributed by atoms with Crippen LogP contribution in [0.4, 0.5) is 18.0 Å². The summed E-state index contributed by atoms with van der Waals surface area (Å²) in [4.78, 5) is 23.9. The molecule has 1 heterocycles. The number of amides is 2. The molecule has 9 heteroatoms. The average molecular weight is 298 g/mol. The number of hydrogen-bond donors (Lipinski definition) is 2. The van der Waals surface area contributed by atoms with Crippen LogP contribution in [0.15, 0.2) is 0 Å². The SMILES string of the molecule is CC1CN(C(=O)NC(C)(C(=O)O)C(F)(F)F)C(C)CO1. The number of ether oxygens (including phenoxy) is 1. The second kappa shape index (κ2) is 5.47. The molecule has 0 spiro atoms. The Kier molecular flexibility index (Phi) is 4.52. The molecule has 20 heavy (non-hydrogen) atoms. The molecule has 0 radical (unpaired) electrons. The third-order valence-corrected chi connectivity index (χ3v) is 3.22. The molecule has 0 aromatic rings. The van der Waals surface area contributed by atoms with Crippen molar-refractivity contribution in [2.45, 2.75) is 44.6 Å². The van der Waals surface area contributed by atoms with Gasteiger partial charge in [-0.05, 0) is 20.8 Å². The molecule has 0 aromatic carbocycles. The molecule has 6 nitrogen and oxygen atoms in total. The summed E-state index contributed by atoms with van der Waals surface area (Å²) < 4.78 is 43.7. The monoisotopic (exact) mass is 298 g/mol. The van der Waals surface area contributed by atoms with Gasteiger partial charge in [-0.1, -0.05) is 0 Å². The van der Waals surface area contributed by atoms with E-state index >= 15 is 0 Å². The van der Waals surface area contributed by atoms with Crippen molar-refractivity contribution in [1.29, 1.82) is 0 Å². The number of hydrogen-bond acceptors (Lipinski definition) is 3. The van der Waals surface area contributed by atoms with Crippen molar-refractivity contribution >= 4 is 12.0 Å². The van der Waals surface area contributed by atoms with Crippen LogP contribution in [0.25, 0.3) is 0 Å². The maximum atomic E-state index is 12.8. The Balaban J connectivity index is 2.89. The first kappa shape index (κ1) is 16.5. The van der Waals surface area contributed by atoms with Crippen LogP contribution in [0, 0.1) is 0 Å². The first-order chi connectivity index (χ1) is 8.99. The van der Waals surface area contributed by atoms with Gasteiger partial charge in [-0.15, -0.1) is 0 Å². The number of nitrogens with zero attached hydrogens (tertiary/aromatic N) is 1. The second-order valence-corrected chi connectivity index (χ2v) is 5.00. The number of carbonyl (C=O) groups excluding carboxylic acids is 1. The Hall–Kier alpha value is -1.51. The number of rotatable bonds is 2. The van der Waals surface area contributed by atoms with Crippen LogP contribution in [0.5, 0.6) is 0 Å². The summed E-state index contributed by atoms with van der Waals surface area (Å²) in [7, 11) is 0. The minimum Gasteiger partial charge on any atom is -0.479 e. The van der Waals surface area contributed by atoms with E-state index in [1.54, 1.807) is 19.2 Å². The molecule has 0 aliphatic carbocycles. The molecule has 2 N–H and O–H groups in total. The smallest absolute Gasteiger partial charge is 0.422 e. The summed E-state index contributed by atoms with van der Waals surface area (Å²) >= 11 is 0. The highest BCUT2D eigenvalue weighted by Gasteiger charge is 2.59. The third-order valence-electron chi connectivity index (χ3n) is 3.22. The van der Waals surface area contributed by atoms with Crippen molar-refractivity contribution in [3.8, 4) is 0 Å².